The fraction of sp³-hybridized carbons (Fsp3) is 0.440. The van der Waals surface area contributed by atoms with Crippen LogP contribution in [-0.2, 0) is 28.8 Å². The molecule has 1 radical (unpaired) electrons. The maximum Gasteiger partial charge on any atom is 0.407 e. The van der Waals surface area contributed by atoms with Crippen molar-refractivity contribution in [3.63, 3.8) is 0 Å². The molecule has 183 valence electrons. The van der Waals surface area contributed by atoms with E-state index in [-0.39, 0.29) is 58.6 Å². The maximum absolute atomic E-state index is 12.1. The van der Waals surface area contributed by atoms with Crippen LogP contribution in [0.5, 0.6) is 0 Å². The number of amides is 1. The molecule has 9 heteroatoms. The van der Waals surface area contributed by atoms with Gasteiger partial charge < -0.3 is 30.0 Å². The number of hydrogen-bond acceptors (Lipinski definition) is 7. The predicted octanol–water partition coefficient (Wildman–Crippen LogP) is 1.90. The van der Waals surface area contributed by atoms with E-state index in [9.17, 15) is 14.7 Å². The maximum atomic E-state index is 12.1. The number of alkyl carbamates (subject to hydrolysis) is 1. The standard InChI is InChI=1S/C25H31N2O7/c26-9-11-33-24(15-28)23(29)17-32-14-13-31-12-10-27-25(30)34-16-22-20-7-3-1-5-18(20)19-6-2-4-8-21(19)22/h1-8,22,24H,9-17,26H2,(H,27,30). The summed E-state index contributed by atoms with van der Waals surface area (Å²) in [5, 5.41) is 13.6. The first kappa shape index (κ1) is 25.8. The summed E-state index contributed by atoms with van der Waals surface area (Å²) in [4.78, 5) is 23.9. The van der Waals surface area contributed by atoms with Gasteiger partial charge in [0, 0.05) is 19.0 Å². The van der Waals surface area contributed by atoms with Gasteiger partial charge >= 0.3 is 6.09 Å². The summed E-state index contributed by atoms with van der Waals surface area (Å²) in [5.74, 6) is -0.406. The van der Waals surface area contributed by atoms with Gasteiger partial charge in [0.15, 0.2) is 5.78 Å². The Labute approximate surface area is 199 Å². The lowest BCUT2D eigenvalue weighted by molar-refractivity contribution is -0.139. The molecule has 3 N–H and O–H groups in total. The second-order valence-electron chi connectivity index (χ2n) is 7.70. The molecule has 0 heterocycles. The first-order chi connectivity index (χ1) is 16.7. The zero-order valence-electron chi connectivity index (χ0n) is 19.1. The van der Waals surface area contributed by atoms with E-state index in [0.29, 0.717) is 0 Å². The molecule has 0 saturated heterocycles. The van der Waals surface area contributed by atoms with Crippen LogP contribution in [0.3, 0.4) is 0 Å². The van der Waals surface area contributed by atoms with Crippen molar-refractivity contribution in [1.82, 2.24) is 5.32 Å². The van der Waals surface area contributed by atoms with E-state index in [4.69, 9.17) is 24.7 Å². The van der Waals surface area contributed by atoms with Crippen molar-refractivity contribution < 1.29 is 33.6 Å². The van der Waals surface area contributed by atoms with E-state index in [1.165, 1.54) is 11.1 Å². The zero-order valence-corrected chi connectivity index (χ0v) is 19.1. The molecule has 2 aromatic rings. The molecule has 3 rings (SSSR count). The minimum atomic E-state index is -1.04. The third-order valence-corrected chi connectivity index (χ3v) is 5.42. The highest BCUT2D eigenvalue weighted by Crippen LogP contribution is 2.44. The van der Waals surface area contributed by atoms with Gasteiger partial charge in [0.1, 0.15) is 25.9 Å². The van der Waals surface area contributed by atoms with Crippen LogP contribution in [0.4, 0.5) is 4.79 Å². The molecule has 0 saturated carbocycles. The SMILES string of the molecule is NCCOC(C[O])C(=O)COCCOCCNC(=O)OCC1c2ccccc2-c2ccccc21. The molecular formula is C25H31N2O7. The molecule has 1 aliphatic rings. The van der Waals surface area contributed by atoms with Crippen molar-refractivity contribution in [2.45, 2.75) is 12.0 Å². The van der Waals surface area contributed by atoms with Crippen molar-refractivity contribution in [3.8, 4) is 11.1 Å². The van der Waals surface area contributed by atoms with Gasteiger partial charge in [-0.05, 0) is 22.3 Å². The molecule has 0 aromatic heterocycles. The highest BCUT2D eigenvalue weighted by molar-refractivity contribution is 5.84. The topological polar surface area (TPSA) is 129 Å². The molecule has 0 aliphatic heterocycles. The molecule has 0 fully saturated rings. The monoisotopic (exact) mass is 471 g/mol. The lowest BCUT2D eigenvalue weighted by atomic mass is 9.98. The van der Waals surface area contributed by atoms with Gasteiger partial charge in [0.05, 0.1) is 26.4 Å². The van der Waals surface area contributed by atoms with Crippen LogP contribution in [0.25, 0.3) is 11.1 Å². The van der Waals surface area contributed by atoms with Gasteiger partial charge in [0.25, 0.3) is 0 Å². The number of carbonyl (C=O) groups is 2. The number of fused-ring (bicyclic) bond motifs is 3. The number of benzene rings is 2. The number of ketones is 1. The molecule has 1 aliphatic carbocycles. The zero-order chi connectivity index (χ0) is 24.2. The van der Waals surface area contributed by atoms with Crippen LogP contribution in [0.15, 0.2) is 48.5 Å². The summed E-state index contributed by atoms with van der Waals surface area (Å²) in [7, 11) is 0. The van der Waals surface area contributed by atoms with Gasteiger partial charge in [-0.3, -0.25) is 4.79 Å². The third-order valence-electron chi connectivity index (χ3n) is 5.42. The Morgan fingerprint density at radius 3 is 2.21 bits per heavy atom. The van der Waals surface area contributed by atoms with Crippen molar-refractivity contribution in [2.24, 2.45) is 5.73 Å². The Bertz CT molecular complexity index is 891. The Hall–Kier alpha value is -2.82. The van der Waals surface area contributed by atoms with Crippen LogP contribution < -0.4 is 11.1 Å². The van der Waals surface area contributed by atoms with Crippen LogP contribution in [0, 0.1) is 0 Å². The van der Waals surface area contributed by atoms with Crippen LogP contribution in [-0.4, -0.2) is 77.3 Å². The highest BCUT2D eigenvalue weighted by atomic mass is 16.6. The Morgan fingerprint density at radius 1 is 0.912 bits per heavy atom. The number of rotatable bonds is 15. The van der Waals surface area contributed by atoms with Crippen LogP contribution in [0.1, 0.15) is 17.0 Å². The van der Waals surface area contributed by atoms with E-state index in [0.717, 1.165) is 11.1 Å². The average Bonchev–Trinajstić information content (AvgIpc) is 3.18. The molecule has 9 nitrogen and oxygen atoms in total. The second kappa shape index (κ2) is 13.8. The van der Waals surface area contributed by atoms with Gasteiger partial charge in [0.2, 0.25) is 0 Å². The van der Waals surface area contributed by atoms with E-state index < -0.39 is 24.6 Å². The molecule has 0 spiro atoms. The first-order valence-electron chi connectivity index (χ1n) is 11.3. The smallest absolute Gasteiger partial charge is 0.407 e. The molecule has 0 bridgehead atoms. The summed E-state index contributed by atoms with van der Waals surface area (Å²) in [6.07, 6.45) is -1.54. The second-order valence-corrected chi connectivity index (χ2v) is 7.70. The summed E-state index contributed by atoms with van der Waals surface area (Å²) in [5.41, 5.74) is 9.96. The average molecular weight is 472 g/mol. The third kappa shape index (κ3) is 7.09. The Morgan fingerprint density at radius 2 is 1.56 bits per heavy atom. The molecule has 1 atom stereocenters. The quantitative estimate of drug-likeness (QED) is 0.380. The van der Waals surface area contributed by atoms with Crippen molar-refractivity contribution in [2.75, 3.05) is 59.3 Å². The van der Waals surface area contributed by atoms with E-state index in [1.54, 1.807) is 0 Å². The highest BCUT2D eigenvalue weighted by Gasteiger charge is 2.28. The van der Waals surface area contributed by atoms with Crippen LogP contribution >= 0.6 is 0 Å². The summed E-state index contributed by atoms with van der Waals surface area (Å²) in [6, 6.07) is 16.3. The number of hydrogen-bond donors (Lipinski definition) is 2. The Balaban J connectivity index is 1.27. The fourth-order valence-corrected chi connectivity index (χ4v) is 3.80. The van der Waals surface area contributed by atoms with Crippen LogP contribution in [0.2, 0.25) is 0 Å². The number of ether oxygens (including phenoxy) is 4. The molecule has 1 unspecified atom stereocenters. The van der Waals surface area contributed by atoms with Crippen molar-refractivity contribution in [3.05, 3.63) is 59.7 Å². The van der Waals surface area contributed by atoms with Crippen molar-refractivity contribution >= 4 is 11.9 Å². The van der Waals surface area contributed by atoms with E-state index in [2.05, 4.69) is 29.6 Å². The lowest BCUT2D eigenvalue weighted by Gasteiger charge is -2.14. The number of nitrogens with two attached hydrogens (primary N) is 1. The summed E-state index contributed by atoms with van der Waals surface area (Å²) >= 11 is 0. The van der Waals surface area contributed by atoms with E-state index in [1.807, 2.05) is 24.3 Å². The fourth-order valence-electron chi connectivity index (χ4n) is 3.80. The number of carbonyl (C=O) groups excluding carboxylic acids is 2. The number of Topliss-reactive ketones (excluding diaryl/α,β-unsaturated/α-hetero) is 1. The lowest BCUT2D eigenvalue weighted by Crippen LogP contribution is -2.33. The van der Waals surface area contributed by atoms with Crippen molar-refractivity contribution in [1.29, 1.82) is 0 Å². The minimum Gasteiger partial charge on any atom is -0.449 e. The molecule has 34 heavy (non-hydrogen) atoms. The largest absolute Gasteiger partial charge is 0.449 e. The minimum absolute atomic E-state index is 0.0103. The molecule has 1 amide bonds. The van der Waals surface area contributed by atoms with Gasteiger partial charge in [-0.25, -0.2) is 9.90 Å². The normalized spacial score (nSPS) is 13.2. The summed E-state index contributed by atoms with van der Waals surface area (Å²) < 4.78 is 21.1. The summed E-state index contributed by atoms with van der Waals surface area (Å²) in [6.45, 7) is 0.720. The molecule has 2 aromatic carbocycles. The van der Waals surface area contributed by atoms with Gasteiger partial charge in [-0.15, -0.1) is 0 Å². The van der Waals surface area contributed by atoms with E-state index >= 15 is 0 Å². The predicted molar refractivity (Wildman–Crippen MR) is 124 cm³/mol. The first-order valence-corrected chi connectivity index (χ1v) is 11.3. The Kier molecular flexibility index (Phi) is 10.5. The molecular weight excluding hydrogens is 440 g/mol. The van der Waals surface area contributed by atoms with Gasteiger partial charge in [-0.2, -0.15) is 0 Å². The van der Waals surface area contributed by atoms with Gasteiger partial charge in [-0.1, -0.05) is 48.5 Å². The number of nitrogens with one attached hydrogen (secondary N) is 1.